The van der Waals surface area contributed by atoms with Crippen LogP contribution in [0.15, 0.2) is 12.2 Å². The van der Waals surface area contributed by atoms with E-state index in [1.807, 2.05) is 0 Å². The summed E-state index contributed by atoms with van der Waals surface area (Å²) in [6, 6.07) is 0. The molecule has 1 heterocycles. The van der Waals surface area contributed by atoms with Gasteiger partial charge in [-0.2, -0.15) is 4.31 Å². The lowest BCUT2D eigenvalue weighted by molar-refractivity contribution is -0.137. The molecule has 0 aromatic carbocycles. The molecule has 0 aliphatic carbocycles. The Morgan fingerprint density at radius 2 is 1.83 bits per heavy atom. The van der Waals surface area contributed by atoms with Crippen LogP contribution in [0.2, 0.25) is 0 Å². The molecule has 0 saturated carbocycles. The summed E-state index contributed by atoms with van der Waals surface area (Å²) in [6.45, 7) is -1.13. The second-order valence-electron chi connectivity index (χ2n) is 3.65. The molecule has 9 heteroatoms. The average molecular weight is 276 g/mol. The van der Waals surface area contributed by atoms with E-state index in [4.69, 9.17) is 5.11 Å². The van der Waals surface area contributed by atoms with Crippen molar-refractivity contribution < 1.29 is 27.9 Å². The summed E-state index contributed by atoms with van der Waals surface area (Å²) in [5.74, 6) is -2.38. The molecule has 0 fully saturated rings. The number of amides is 2. The van der Waals surface area contributed by atoms with Gasteiger partial charge in [-0.05, 0) is 0 Å². The second kappa shape index (κ2) is 5.27. The molecule has 1 aliphatic heterocycles. The van der Waals surface area contributed by atoms with Crippen LogP contribution in [0.4, 0.5) is 0 Å². The van der Waals surface area contributed by atoms with E-state index >= 15 is 0 Å². The van der Waals surface area contributed by atoms with Gasteiger partial charge in [0.25, 0.3) is 11.8 Å². The maximum Gasteiger partial charge on any atom is 0.318 e. The van der Waals surface area contributed by atoms with Gasteiger partial charge in [0.2, 0.25) is 10.0 Å². The normalized spacial score (nSPS) is 15.8. The number of hydrogen-bond acceptors (Lipinski definition) is 5. The zero-order valence-electron chi connectivity index (χ0n) is 9.57. The molecule has 1 aliphatic rings. The molecule has 0 bridgehead atoms. The third-order valence-corrected chi connectivity index (χ3v) is 3.50. The minimum Gasteiger partial charge on any atom is -0.480 e. The van der Waals surface area contributed by atoms with Crippen LogP contribution in [-0.4, -0.2) is 66.4 Å². The molecule has 0 radical (unpaired) electrons. The van der Waals surface area contributed by atoms with Crippen LogP contribution in [0.1, 0.15) is 0 Å². The predicted molar refractivity (Wildman–Crippen MR) is 59.9 cm³/mol. The molecular weight excluding hydrogens is 264 g/mol. The topological polar surface area (TPSA) is 112 Å². The van der Waals surface area contributed by atoms with E-state index in [9.17, 15) is 22.8 Å². The summed E-state index contributed by atoms with van der Waals surface area (Å²) in [7, 11) is -3.70. The summed E-state index contributed by atoms with van der Waals surface area (Å²) in [6.07, 6.45) is 3.01. The number of carbonyl (C=O) groups excluding carboxylic acids is 2. The van der Waals surface area contributed by atoms with E-state index < -0.39 is 34.4 Å². The number of imide groups is 1. The molecule has 18 heavy (non-hydrogen) atoms. The molecule has 100 valence electrons. The quantitative estimate of drug-likeness (QED) is 0.576. The Morgan fingerprint density at radius 1 is 1.33 bits per heavy atom. The SMILES string of the molecule is CS(=O)(=O)N(CCN1C(=O)C=CC1=O)CC(=O)O. The number of rotatable bonds is 6. The number of carboxylic acid groups (broad SMARTS) is 1. The van der Waals surface area contributed by atoms with Crippen LogP contribution in [0.25, 0.3) is 0 Å². The lowest BCUT2D eigenvalue weighted by Gasteiger charge is -2.21. The first-order valence-corrected chi connectivity index (χ1v) is 6.77. The van der Waals surface area contributed by atoms with E-state index in [-0.39, 0.29) is 13.1 Å². The fourth-order valence-corrected chi connectivity index (χ4v) is 2.13. The van der Waals surface area contributed by atoms with Crippen molar-refractivity contribution in [2.75, 3.05) is 25.9 Å². The molecule has 0 aromatic heterocycles. The monoisotopic (exact) mass is 276 g/mol. The predicted octanol–water partition coefficient (Wildman–Crippen LogP) is -1.74. The molecule has 8 nitrogen and oxygen atoms in total. The number of hydrogen-bond donors (Lipinski definition) is 1. The fraction of sp³-hybridized carbons (Fsp3) is 0.444. The first kappa shape index (κ1) is 14.3. The van der Waals surface area contributed by atoms with Gasteiger partial charge in [0.05, 0.1) is 6.26 Å². The summed E-state index contributed by atoms with van der Waals surface area (Å²) < 4.78 is 23.3. The first-order chi connectivity index (χ1) is 8.21. The largest absolute Gasteiger partial charge is 0.480 e. The highest BCUT2D eigenvalue weighted by Gasteiger charge is 2.26. The van der Waals surface area contributed by atoms with Crippen molar-refractivity contribution in [1.29, 1.82) is 0 Å². The van der Waals surface area contributed by atoms with Crippen molar-refractivity contribution in [2.45, 2.75) is 0 Å². The van der Waals surface area contributed by atoms with Crippen LogP contribution in [0, 0.1) is 0 Å². The van der Waals surface area contributed by atoms with E-state index in [1.165, 1.54) is 0 Å². The lowest BCUT2D eigenvalue weighted by atomic mass is 10.5. The van der Waals surface area contributed by atoms with Crippen molar-refractivity contribution in [3.63, 3.8) is 0 Å². The number of sulfonamides is 1. The van der Waals surface area contributed by atoms with Crippen molar-refractivity contribution in [1.82, 2.24) is 9.21 Å². The van der Waals surface area contributed by atoms with Gasteiger partial charge >= 0.3 is 5.97 Å². The lowest BCUT2D eigenvalue weighted by Crippen LogP contribution is -2.42. The highest BCUT2D eigenvalue weighted by atomic mass is 32.2. The number of carboxylic acids is 1. The third-order valence-electron chi connectivity index (χ3n) is 2.25. The molecule has 0 unspecified atom stereocenters. The highest BCUT2D eigenvalue weighted by Crippen LogP contribution is 2.05. The van der Waals surface area contributed by atoms with E-state index in [2.05, 4.69) is 0 Å². The van der Waals surface area contributed by atoms with Crippen molar-refractivity contribution >= 4 is 27.8 Å². The summed E-state index contributed by atoms with van der Waals surface area (Å²) in [5.41, 5.74) is 0. The van der Waals surface area contributed by atoms with E-state index in [1.54, 1.807) is 0 Å². The Labute approximate surface area is 104 Å². The van der Waals surface area contributed by atoms with Gasteiger partial charge in [0.15, 0.2) is 0 Å². The smallest absolute Gasteiger partial charge is 0.318 e. The van der Waals surface area contributed by atoms with Crippen molar-refractivity contribution in [2.24, 2.45) is 0 Å². The van der Waals surface area contributed by atoms with Crippen LogP contribution in [-0.2, 0) is 24.4 Å². The molecule has 1 rings (SSSR count). The zero-order chi connectivity index (χ0) is 13.9. The highest BCUT2D eigenvalue weighted by molar-refractivity contribution is 7.88. The van der Waals surface area contributed by atoms with Crippen LogP contribution < -0.4 is 0 Å². The van der Waals surface area contributed by atoms with Gasteiger partial charge in [-0.3, -0.25) is 19.3 Å². The summed E-state index contributed by atoms with van der Waals surface area (Å²) in [4.78, 5) is 33.8. The molecule has 2 amide bonds. The molecular formula is C9H12N2O6S. The van der Waals surface area contributed by atoms with Gasteiger partial charge in [0.1, 0.15) is 6.54 Å². The van der Waals surface area contributed by atoms with Crippen LogP contribution in [0.5, 0.6) is 0 Å². The Bertz CT molecular complexity index is 491. The molecule has 0 atom stereocenters. The first-order valence-electron chi connectivity index (χ1n) is 4.92. The Hall–Kier alpha value is -1.74. The summed E-state index contributed by atoms with van der Waals surface area (Å²) >= 11 is 0. The molecule has 0 spiro atoms. The maximum absolute atomic E-state index is 11.3. The second-order valence-corrected chi connectivity index (χ2v) is 5.63. The van der Waals surface area contributed by atoms with Crippen molar-refractivity contribution in [3.8, 4) is 0 Å². The zero-order valence-corrected chi connectivity index (χ0v) is 10.4. The number of aliphatic carboxylic acids is 1. The van der Waals surface area contributed by atoms with Gasteiger partial charge in [-0.1, -0.05) is 0 Å². The third kappa shape index (κ3) is 3.64. The maximum atomic E-state index is 11.3. The molecule has 0 aromatic rings. The average Bonchev–Trinajstić information content (AvgIpc) is 2.52. The number of carbonyl (C=O) groups is 3. The molecule has 1 N–H and O–H groups in total. The molecule has 0 saturated heterocycles. The standard InChI is InChI=1S/C9H12N2O6S/c1-18(16,17)10(6-9(14)15)4-5-11-7(12)2-3-8(11)13/h2-3H,4-6H2,1H3,(H,14,15). The Kier molecular flexibility index (Phi) is 4.19. The van der Waals surface area contributed by atoms with Gasteiger partial charge in [-0.15, -0.1) is 0 Å². The van der Waals surface area contributed by atoms with E-state index in [0.29, 0.717) is 4.31 Å². The van der Waals surface area contributed by atoms with E-state index in [0.717, 1.165) is 23.3 Å². The minimum atomic E-state index is -3.70. The summed E-state index contributed by atoms with van der Waals surface area (Å²) in [5, 5.41) is 8.58. The van der Waals surface area contributed by atoms with Gasteiger partial charge < -0.3 is 5.11 Å². The Balaban J connectivity index is 2.66. The van der Waals surface area contributed by atoms with Gasteiger partial charge in [-0.25, -0.2) is 8.42 Å². The number of nitrogens with zero attached hydrogens (tertiary/aromatic N) is 2. The minimum absolute atomic E-state index is 0.176. The Morgan fingerprint density at radius 3 is 2.22 bits per heavy atom. The van der Waals surface area contributed by atoms with Gasteiger partial charge in [0, 0.05) is 25.2 Å². The van der Waals surface area contributed by atoms with Crippen LogP contribution >= 0.6 is 0 Å². The van der Waals surface area contributed by atoms with Crippen LogP contribution in [0.3, 0.4) is 0 Å². The van der Waals surface area contributed by atoms with Crippen molar-refractivity contribution in [3.05, 3.63) is 12.2 Å². The fourth-order valence-electron chi connectivity index (χ4n) is 1.38.